The molecule has 6 nitrogen and oxygen atoms in total. The standard InChI is InChI=1S/C26H25N3O3/c1-3-4-9-24-28-22-15-17(25(27)30)10-13-23(22)29(24)18-11-12-19(16(2)14-18)20-7-5-6-8-21(20)26(31)32/h5-8,10-15H,3-4,9H2,1-2H3,(H2,27,30)(H,31,32). The molecule has 0 atom stereocenters. The number of primary amides is 1. The molecule has 0 unspecified atom stereocenters. The van der Waals surface area contributed by atoms with Crippen LogP contribution >= 0.6 is 0 Å². The average molecular weight is 428 g/mol. The molecule has 0 radical (unpaired) electrons. The van der Waals surface area contributed by atoms with Crippen LogP contribution in [0.15, 0.2) is 60.7 Å². The number of carboxylic acids is 1. The monoisotopic (exact) mass is 427 g/mol. The van der Waals surface area contributed by atoms with E-state index in [1.54, 1.807) is 24.3 Å². The van der Waals surface area contributed by atoms with Crippen molar-refractivity contribution in [2.75, 3.05) is 0 Å². The van der Waals surface area contributed by atoms with Crippen LogP contribution in [0.2, 0.25) is 0 Å². The molecule has 0 aliphatic rings. The Balaban J connectivity index is 1.86. The summed E-state index contributed by atoms with van der Waals surface area (Å²) in [7, 11) is 0. The van der Waals surface area contributed by atoms with E-state index in [0.29, 0.717) is 11.1 Å². The molecule has 4 aromatic rings. The molecule has 0 spiro atoms. The molecule has 1 amide bonds. The topological polar surface area (TPSA) is 98.2 Å². The highest BCUT2D eigenvalue weighted by Gasteiger charge is 2.17. The van der Waals surface area contributed by atoms with Crippen LogP contribution in [0.4, 0.5) is 0 Å². The number of unbranched alkanes of at least 4 members (excludes halogenated alkanes) is 1. The fourth-order valence-corrected chi connectivity index (χ4v) is 4.07. The van der Waals surface area contributed by atoms with Crippen LogP contribution in [0.5, 0.6) is 0 Å². The Labute approximate surface area is 186 Å². The Morgan fingerprint density at radius 2 is 1.81 bits per heavy atom. The fourth-order valence-electron chi connectivity index (χ4n) is 4.07. The lowest BCUT2D eigenvalue weighted by Crippen LogP contribution is -2.10. The van der Waals surface area contributed by atoms with E-state index < -0.39 is 11.9 Å². The number of hydrogen-bond acceptors (Lipinski definition) is 3. The maximum Gasteiger partial charge on any atom is 0.336 e. The van der Waals surface area contributed by atoms with Gasteiger partial charge in [-0.3, -0.25) is 9.36 Å². The number of hydrogen-bond donors (Lipinski definition) is 2. The molecule has 162 valence electrons. The first-order valence-electron chi connectivity index (χ1n) is 10.7. The lowest BCUT2D eigenvalue weighted by molar-refractivity contribution is 0.0697. The summed E-state index contributed by atoms with van der Waals surface area (Å²) in [5.41, 5.74) is 11.3. The summed E-state index contributed by atoms with van der Waals surface area (Å²) in [5, 5.41) is 9.58. The van der Waals surface area contributed by atoms with Crippen molar-refractivity contribution in [3.63, 3.8) is 0 Å². The van der Waals surface area contributed by atoms with E-state index in [9.17, 15) is 14.7 Å². The number of aromatic nitrogens is 2. The lowest BCUT2D eigenvalue weighted by Gasteiger charge is -2.14. The number of aromatic carboxylic acids is 1. The molecule has 3 aromatic carbocycles. The zero-order valence-electron chi connectivity index (χ0n) is 18.1. The predicted molar refractivity (Wildman–Crippen MR) is 125 cm³/mol. The second-order valence-corrected chi connectivity index (χ2v) is 7.88. The smallest absolute Gasteiger partial charge is 0.336 e. The van der Waals surface area contributed by atoms with E-state index in [4.69, 9.17) is 10.7 Å². The van der Waals surface area contributed by atoms with Crippen molar-refractivity contribution in [1.29, 1.82) is 0 Å². The van der Waals surface area contributed by atoms with E-state index in [1.165, 1.54) is 0 Å². The van der Waals surface area contributed by atoms with Gasteiger partial charge in [-0.25, -0.2) is 9.78 Å². The highest BCUT2D eigenvalue weighted by molar-refractivity contribution is 5.97. The second-order valence-electron chi connectivity index (χ2n) is 7.88. The molecule has 0 aliphatic carbocycles. The number of nitrogens with zero attached hydrogens (tertiary/aromatic N) is 2. The zero-order valence-corrected chi connectivity index (χ0v) is 18.1. The van der Waals surface area contributed by atoms with Crippen LogP contribution in [0.1, 0.15) is 51.9 Å². The molecule has 0 bridgehead atoms. The molecule has 32 heavy (non-hydrogen) atoms. The number of carbonyl (C=O) groups is 2. The van der Waals surface area contributed by atoms with Gasteiger partial charge in [0, 0.05) is 17.7 Å². The first kappa shape index (κ1) is 21.3. The highest BCUT2D eigenvalue weighted by Crippen LogP contribution is 2.31. The van der Waals surface area contributed by atoms with Gasteiger partial charge in [0.1, 0.15) is 5.82 Å². The zero-order chi connectivity index (χ0) is 22.8. The lowest BCUT2D eigenvalue weighted by atomic mass is 9.95. The largest absolute Gasteiger partial charge is 0.478 e. The summed E-state index contributed by atoms with van der Waals surface area (Å²) in [5.74, 6) is -0.507. The first-order valence-corrected chi connectivity index (χ1v) is 10.7. The molecule has 1 aromatic heterocycles. The third kappa shape index (κ3) is 3.87. The molecule has 0 aliphatic heterocycles. The number of aryl methyl sites for hydroxylation is 2. The number of imidazole rings is 1. The Bertz CT molecular complexity index is 1340. The molecule has 0 saturated heterocycles. The molecular weight excluding hydrogens is 402 g/mol. The summed E-state index contributed by atoms with van der Waals surface area (Å²) < 4.78 is 2.11. The number of rotatable bonds is 7. The molecule has 3 N–H and O–H groups in total. The van der Waals surface area contributed by atoms with Crippen LogP contribution in [0.3, 0.4) is 0 Å². The maximum absolute atomic E-state index is 11.7. The van der Waals surface area contributed by atoms with Gasteiger partial charge >= 0.3 is 5.97 Å². The molecule has 1 heterocycles. The van der Waals surface area contributed by atoms with E-state index in [0.717, 1.165) is 52.9 Å². The minimum absolute atomic E-state index is 0.277. The first-order chi connectivity index (χ1) is 15.4. The quantitative estimate of drug-likeness (QED) is 0.427. The molecular formula is C26H25N3O3. The highest BCUT2D eigenvalue weighted by atomic mass is 16.4. The van der Waals surface area contributed by atoms with Crippen LogP contribution in [-0.2, 0) is 6.42 Å². The van der Waals surface area contributed by atoms with Gasteiger partial charge in [-0.15, -0.1) is 0 Å². The van der Waals surface area contributed by atoms with Gasteiger partial charge in [0.05, 0.1) is 16.6 Å². The van der Waals surface area contributed by atoms with Gasteiger partial charge in [0.25, 0.3) is 0 Å². The number of nitrogens with two attached hydrogens (primary N) is 1. The minimum atomic E-state index is -0.947. The van der Waals surface area contributed by atoms with Crippen LogP contribution < -0.4 is 5.73 Å². The molecule has 0 saturated carbocycles. The van der Waals surface area contributed by atoms with E-state index in [2.05, 4.69) is 11.5 Å². The van der Waals surface area contributed by atoms with Gasteiger partial charge in [0.2, 0.25) is 5.91 Å². The summed E-state index contributed by atoms with van der Waals surface area (Å²) in [6.45, 7) is 4.12. The van der Waals surface area contributed by atoms with Crippen LogP contribution in [-0.4, -0.2) is 26.5 Å². The SMILES string of the molecule is CCCCc1nc2cc(C(N)=O)ccc2n1-c1ccc(-c2ccccc2C(=O)O)c(C)c1. The normalized spacial score (nSPS) is 11.1. The fraction of sp³-hybridized carbons (Fsp3) is 0.192. The number of amides is 1. The van der Waals surface area contributed by atoms with E-state index >= 15 is 0 Å². The van der Waals surface area contributed by atoms with Crippen molar-refractivity contribution in [3.8, 4) is 16.8 Å². The Morgan fingerprint density at radius 1 is 1.03 bits per heavy atom. The van der Waals surface area contributed by atoms with Crippen molar-refractivity contribution in [1.82, 2.24) is 9.55 Å². The Kier molecular flexibility index (Phi) is 5.77. The van der Waals surface area contributed by atoms with Crippen molar-refractivity contribution < 1.29 is 14.7 Å². The van der Waals surface area contributed by atoms with E-state index in [-0.39, 0.29) is 5.56 Å². The number of carboxylic acid groups (broad SMARTS) is 1. The summed E-state index contributed by atoms with van der Waals surface area (Å²) in [6, 6.07) is 18.3. The average Bonchev–Trinajstić information content (AvgIpc) is 3.15. The van der Waals surface area contributed by atoms with E-state index in [1.807, 2.05) is 43.3 Å². The number of benzene rings is 3. The van der Waals surface area contributed by atoms with Gasteiger partial charge < -0.3 is 10.8 Å². The van der Waals surface area contributed by atoms with Gasteiger partial charge in [-0.1, -0.05) is 37.6 Å². The number of fused-ring (bicyclic) bond motifs is 1. The van der Waals surface area contributed by atoms with Gasteiger partial charge in [-0.2, -0.15) is 0 Å². The minimum Gasteiger partial charge on any atom is -0.478 e. The Hall–Kier alpha value is -3.93. The van der Waals surface area contributed by atoms with Gasteiger partial charge in [0.15, 0.2) is 0 Å². The predicted octanol–water partition coefficient (Wildman–Crippen LogP) is 5.14. The summed E-state index contributed by atoms with van der Waals surface area (Å²) >= 11 is 0. The summed E-state index contributed by atoms with van der Waals surface area (Å²) in [4.78, 5) is 28.1. The molecule has 4 rings (SSSR count). The van der Waals surface area contributed by atoms with Crippen molar-refractivity contribution >= 4 is 22.9 Å². The Morgan fingerprint density at radius 3 is 2.50 bits per heavy atom. The third-order valence-corrected chi connectivity index (χ3v) is 5.68. The van der Waals surface area contributed by atoms with Crippen molar-refractivity contribution in [3.05, 3.63) is 83.2 Å². The second kappa shape index (κ2) is 8.67. The van der Waals surface area contributed by atoms with Crippen molar-refractivity contribution in [2.24, 2.45) is 5.73 Å². The third-order valence-electron chi connectivity index (χ3n) is 5.68. The molecule has 0 fully saturated rings. The number of carbonyl (C=O) groups excluding carboxylic acids is 1. The maximum atomic E-state index is 11.7. The van der Waals surface area contributed by atoms with Gasteiger partial charge in [-0.05, 0) is 66.4 Å². The molecule has 6 heteroatoms. The van der Waals surface area contributed by atoms with Crippen LogP contribution in [0.25, 0.3) is 27.8 Å². The van der Waals surface area contributed by atoms with Crippen molar-refractivity contribution in [2.45, 2.75) is 33.1 Å². The van der Waals surface area contributed by atoms with Crippen LogP contribution in [0, 0.1) is 6.92 Å². The summed E-state index contributed by atoms with van der Waals surface area (Å²) in [6.07, 6.45) is 2.84.